The predicted octanol–water partition coefficient (Wildman–Crippen LogP) is 6.76. The Labute approximate surface area is 126 Å². The van der Waals surface area contributed by atoms with Crippen molar-refractivity contribution in [1.82, 2.24) is 0 Å². The molecular formula is C20H32. The summed E-state index contributed by atoms with van der Waals surface area (Å²) in [5.74, 6) is 0.482. The summed E-state index contributed by atoms with van der Waals surface area (Å²) in [6, 6.07) is 0. The van der Waals surface area contributed by atoms with E-state index in [1.807, 2.05) is 0 Å². The molecule has 1 atom stereocenters. The van der Waals surface area contributed by atoms with Crippen molar-refractivity contribution in [3.8, 4) is 0 Å². The number of rotatable bonds is 8. The molecular weight excluding hydrogens is 240 g/mol. The summed E-state index contributed by atoms with van der Waals surface area (Å²) in [4.78, 5) is 0. The van der Waals surface area contributed by atoms with Crippen molar-refractivity contribution in [2.45, 2.75) is 72.6 Å². The molecule has 0 nitrogen and oxygen atoms in total. The van der Waals surface area contributed by atoms with E-state index < -0.39 is 0 Å². The van der Waals surface area contributed by atoms with Gasteiger partial charge in [0.15, 0.2) is 0 Å². The fraction of sp³-hybridized carbons (Fsp3) is 0.600. The summed E-state index contributed by atoms with van der Waals surface area (Å²) in [5, 5.41) is 0. The second-order valence-electron chi connectivity index (χ2n) is 6.31. The highest BCUT2D eigenvalue weighted by Crippen LogP contribution is 2.28. The third kappa shape index (κ3) is 5.94. The average Bonchev–Trinajstić information content (AvgIpc) is 2.44. The van der Waals surface area contributed by atoms with Crippen molar-refractivity contribution >= 4 is 0 Å². The lowest BCUT2D eigenvalue weighted by Gasteiger charge is -2.17. The Balaban J connectivity index is 2.52. The van der Waals surface area contributed by atoms with E-state index in [2.05, 4.69) is 52.5 Å². The van der Waals surface area contributed by atoms with Gasteiger partial charge in [-0.3, -0.25) is 0 Å². The van der Waals surface area contributed by atoms with Crippen molar-refractivity contribution in [3.63, 3.8) is 0 Å². The van der Waals surface area contributed by atoms with Crippen LogP contribution in [0.4, 0.5) is 0 Å². The Bertz CT molecular complexity index is 404. The lowest BCUT2D eigenvalue weighted by Crippen LogP contribution is -1.98. The largest absolute Gasteiger partial charge is 0.0996 e. The number of allylic oxidation sites excluding steroid dienone is 7. The zero-order valence-electron chi connectivity index (χ0n) is 14.0. The summed E-state index contributed by atoms with van der Waals surface area (Å²) in [7, 11) is 0. The first kappa shape index (κ1) is 17.0. The van der Waals surface area contributed by atoms with E-state index in [1.165, 1.54) is 61.7 Å². The zero-order valence-corrected chi connectivity index (χ0v) is 14.0. The van der Waals surface area contributed by atoms with Crippen molar-refractivity contribution < 1.29 is 0 Å². The van der Waals surface area contributed by atoms with Gasteiger partial charge in [-0.25, -0.2) is 0 Å². The first-order chi connectivity index (χ1) is 9.54. The second-order valence-corrected chi connectivity index (χ2v) is 6.31. The molecule has 0 aliphatic heterocycles. The van der Waals surface area contributed by atoms with E-state index >= 15 is 0 Å². The molecule has 0 amide bonds. The minimum absolute atomic E-state index is 0.482. The second kappa shape index (κ2) is 9.00. The fourth-order valence-corrected chi connectivity index (χ4v) is 2.62. The molecule has 0 aromatic carbocycles. The van der Waals surface area contributed by atoms with Crippen LogP contribution in [0.15, 0.2) is 47.1 Å². The van der Waals surface area contributed by atoms with E-state index in [1.54, 1.807) is 5.57 Å². The van der Waals surface area contributed by atoms with E-state index in [-0.39, 0.29) is 0 Å². The molecule has 0 bridgehead atoms. The van der Waals surface area contributed by atoms with Gasteiger partial charge in [0.05, 0.1) is 0 Å². The molecule has 0 heterocycles. The number of unbranched alkanes of at least 4 members (excludes halogenated alkanes) is 3. The molecule has 0 N–H and O–H groups in total. The molecule has 1 unspecified atom stereocenters. The van der Waals surface area contributed by atoms with Crippen LogP contribution in [0.5, 0.6) is 0 Å². The maximum atomic E-state index is 4.04. The van der Waals surface area contributed by atoms with Crippen LogP contribution >= 0.6 is 0 Å². The Hall–Kier alpha value is -1.04. The van der Waals surface area contributed by atoms with Crippen LogP contribution in [0.25, 0.3) is 0 Å². The van der Waals surface area contributed by atoms with Crippen LogP contribution in [-0.2, 0) is 0 Å². The maximum Gasteiger partial charge on any atom is -0.00513 e. The lowest BCUT2D eigenvalue weighted by molar-refractivity contribution is 0.652. The summed E-state index contributed by atoms with van der Waals surface area (Å²) in [5.41, 5.74) is 5.83. The quantitative estimate of drug-likeness (QED) is 0.338. The van der Waals surface area contributed by atoms with Gasteiger partial charge >= 0.3 is 0 Å². The van der Waals surface area contributed by atoms with E-state index in [0.717, 1.165) is 0 Å². The third-order valence-electron chi connectivity index (χ3n) is 4.37. The van der Waals surface area contributed by atoms with Crippen molar-refractivity contribution in [1.29, 1.82) is 0 Å². The molecule has 0 spiro atoms. The molecule has 0 aromatic heterocycles. The first-order valence-corrected chi connectivity index (χ1v) is 8.27. The highest BCUT2D eigenvalue weighted by Gasteiger charge is 2.09. The monoisotopic (exact) mass is 272 g/mol. The smallest absolute Gasteiger partial charge is 0.00513 e. The van der Waals surface area contributed by atoms with E-state index in [9.17, 15) is 0 Å². The third-order valence-corrected chi connectivity index (χ3v) is 4.37. The van der Waals surface area contributed by atoms with Gasteiger partial charge in [-0.05, 0) is 51.0 Å². The van der Waals surface area contributed by atoms with Gasteiger partial charge in [0.25, 0.3) is 0 Å². The fourth-order valence-electron chi connectivity index (χ4n) is 2.62. The Morgan fingerprint density at radius 3 is 2.50 bits per heavy atom. The van der Waals surface area contributed by atoms with Crippen LogP contribution in [0.3, 0.4) is 0 Å². The Kier molecular flexibility index (Phi) is 7.65. The normalized spacial score (nSPS) is 17.5. The summed E-state index contributed by atoms with van der Waals surface area (Å²) < 4.78 is 0. The number of hydrogen-bond acceptors (Lipinski definition) is 0. The summed E-state index contributed by atoms with van der Waals surface area (Å²) >= 11 is 0. The molecule has 0 radical (unpaired) electrons. The van der Waals surface area contributed by atoms with Gasteiger partial charge in [0.1, 0.15) is 0 Å². The minimum atomic E-state index is 0.482. The van der Waals surface area contributed by atoms with Crippen LogP contribution in [-0.4, -0.2) is 0 Å². The number of hydrogen-bond donors (Lipinski definition) is 0. The Morgan fingerprint density at radius 1 is 1.20 bits per heavy atom. The topological polar surface area (TPSA) is 0 Å². The zero-order chi connectivity index (χ0) is 15.0. The van der Waals surface area contributed by atoms with Gasteiger partial charge in [-0.1, -0.05) is 74.6 Å². The van der Waals surface area contributed by atoms with Gasteiger partial charge in [-0.2, -0.15) is 0 Å². The van der Waals surface area contributed by atoms with E-state index in [4.69, 9.17) is 0 Å². The van der Waals surface area contributed by atoms with Gasteiger partial charge in [0.2, 0.25) is 0 Å². The summed E-state index contributed by atoms with van der Waals surface area (Å²) in [6.07, 6.45) is 16.3. The van der Waals surface area contributed by atoms with Crippen molar-refractivity contribution in [2.24, 2.45) is 5.92 Å². The predicted molar refractivity (Wildman–Crippen MR) is 91.9 cm³/mol. The minimum Gasteiger partial charge on any atom is -0.0996 e. The molecule has 0 aromatic rings. The molecule has 0 heteroatoms. The van der Waals surface area contributed by atoms with Gasteiger partial charge < -0.3 is 0 Å². The van der Waals surface area contributed by atoms with Crippen molar-refractivity contribution in [3.05, 3.63) is 47.1 Å². The molecule has 20 heavy (non-hydrogen) atoms. The van der Waals surface area contributed by atoms with Gasteiger partial charge in [-0.15, -0.1) is 0 Å². The highest BCUT2D eigenvalue weighted by molar-refractivity contribution is 5.37. The van der Waals surface area contributed by atoms with Crippen LogP contribution in [0.1, 0.15) is 72.6 Å². The standard InChI is InChI=1S/C20H32/c1-6-7-8-9-10-19-11-13-20(14-12-19)18(5)15-17(4)16(2)3/h11,13,15,17H,2,6-10,12,14H2,1,3-5H3/b18-15+. The highest BCUT2D eigenvalue weighted by atomic mass is 14.1. The van der Waals surface area contributed by atoms with Crippen LogP contribution < -0.4 is 0 Å². The average molecular weight is 272 g/mol. The molecule has 0 fully saturated rings. The van der Waals surface area contributed by atoms with Gasteiger partial charge in [0, 0.05) is 0 Å². The molecule has 1 aliphatic rings. The molecule has 112 valence electrons. The van der Waals surface area contributed by atoms with E-state index in [0.29, 0.717) is 5.92 Å². The molecule has 1 aliphatic carbocycles. The van der Waals surface area contributed by atoms with Crippen LogP contribution in [0.2, 0.25) is 0 Å². The maximum absolute atomic E-state index is 4.04. The molecule has 0 saturated heterocycles. The first-order valence-electron chi connectivity index (χ1n) is 8.27. The molecule has 0 saturated carbocycles. The Morgan fingerprint density at radius 2 is 1.95 bits per heavy atom. The lowest BCUT2D eigenvalue weighted by atomic mass is 9.89. The SMILES string of the molecule is C=C(C)C(C)/C=C(\C)C1=CC=C(CCCCCC)CC1. The van der Waals surface area contributed by atoms with Crippen LogP contribution in [0, 0.1) is 5.92 Å². The van der Waals surface area contributed by atoms with Crippen molar-refractivity contribution in [2.75, 3.05) is 0 Å². The summed E-state index contributed by atoms with van der Waals surface area (Å²) in [6.45, 7) is 12.9. The molecule has 1 rings (SSSR count).